The van der Waals surface area contributed by atoms with Crippen LogP contribution in [0.2, 0.25) is 0 Å². The van der Waals surface area contributed by atoms with Crippen molar-refractivity contribution >= 4 is 11.3 Å². The maximum absolute atomic E-state index is 6.17. The summed E-state index contributed by atoms with van der Waals surface area (Å²) < 4.78 is 0. The molecule has 0 aliphatic heterocycles. The number of rotatable bonds is 4. The largest absolute Gasteiger partial charge is 0.330 e. The third-order valence-corrected chi connectivity index (χ3v) is 7.09. The van der Waals surface area contributed by atoms with E-state index in [1.54, 1.807) is 11.3 Å². The Labute approximate surface area is 120 Å². The second kappa shape index (κ2) is 4.89. The summed E-state index contributed by atoms with van der Waals surface area (Å²) in [5.74, 6) is 5.89. The molecule has 0 aromatic carbocycles. The van der Waals surface area contributed by atoms with Gasteiger partial charge in [-0.2, -0.15) is 0 Å². The Morgan fingerprint density at radius 2 is 1.79 bits per heavy atom. The van der Waals surface area contributed by atoms with E-state index in [4.69, 9.17) is 5.73 Å². The van der Waals surface area contributed by atoms with Gasteiger partial charge in [-0.25, -0.2) is 0 Å². The molecule has 1 atom stereocenters. The van der Waals surface area contributed by atoms with E-state index < -0.39 is 0 Å². The van der Waals surface area contributed by atoms with E-state index in [0.29, 0.717) is 0 Å². The predicted octanol–water partition coefficient (Wildman–Crippen LogP) is 3.94. The first kappa shape index (κ1) is 12.4. The summed E-state index contributed by atoms with van der Waals surface area (Å²) in [5, 5.41) is 2.21. The van der Waals surface area contributed by atoms with Gasteiger partial charge < -0.3 is 5.73 Å². The smallest absolute Gasteiger partial charge is 0.00485 e. The van der Waals surface area contributed by atoms with E-state index in [-0.39, 0.29) is 0 Å². The zero-order chi connectivity index (χ0) is 12.8. The Bertz CT molecular complexity index is 396. The Kier molecular flexibility index (Phi) is 3.19. The van der Waals surface area contributed by atoms with Crippen LogP contribution in [0.3, 0.4) is 0 Å². The summed E-state index contributed by atoms with van der Waals surface area (Å²) in [5.41, 5.74) is 6.17. The van der Waals surface area contributed by atoms with Crippen LogP contribution in [0, 0.1) is 35.5 Å². The van der Waals surface area contributed by atoms with Gasteiger partial charge in [-0.3, -0.25) is 0 Å². The van der Waals surface area contributed by atoms with Crippen molar-refractivity contribution in [2.24, 2.45) is 41.2 Å². The molecule has 1 aromatic heterocycles. The fourth-order valence-electron chi connectivity index (χ4n) is 5.80. The van der Waals surface area contributed by atoms with Gasteiger partial charge in [0.15, 0.2) is 0 Å². The van der Waals surface area contributed by atoms with Gasteiger partial charge in [0.25, 0.3) is 0 Å². The highest BCUT2D eigenvalue weighted by Gasteiger charge is 2.50. The minimum absolute atomic E-state index is 0.744. The SMILES string of the molecule is NCC(Cc1cccs1)C1C2CC3CC(C2)CC1C3. The highest BCUT2D eigenvalue weighted by atomic mass is 32.1. The number of thiophene rings is 1. The fourth-order valence-corrected chi connectivity index (χ4v) is 6.60. The van der Waals surface area contributed by atoms with Gasteiger partial charge in [0.1, 0.15) is 0 Å². The molecule has 4 aliphatic rings. The van der Waals surface area contributed by atoms with Gasteiger partial charge in [0, 0.05) is 4.88 Å². The Morgan fingerprint density at radius 3 is 2.32 bits per heavy atom. The first-order valence-corrected chi connectivity index (χ1v) is 8.94. The van der Waals surface area contributed by atoms with E-state index in [1.807, 2.05) is 11.3 Å². The molecule has 0 amide bonds. The molecule has 2 N–H and O–H groups in total. The lowest BCUT2D eigenvalue weighted by Crippen LogP contribution is -2.49. The Hall–Kier alpha value is -0.340. The van der Waals surface area contributed by atoms with Crippen molar-refractivity contribution in [3.63, 3.8) is 0 Å². The lowest BCUT2D eigenvalue weighted by molar-refractivity contribution is -0.0598. The molecule has 4 fully saturated rings. The third-order valence-electron chi connectivity index (χ3n) is 6.19. The lowest BCUT2D eigenvalue weighted by atomic mass is 9.49. The molecule has 2 heteroatoms. The molecule has 0 radical (unpaired) electrons. The molecule has 1 aromatic rings. The van der Waals surface area contributed by atoms with Crippen molar-refractivity contribution in [2.75, 3.05) is 6.54 Å². The number of hydrogen-bond donors (Lipinski definition) is 1. The van der Waals surface area contributed by atoms with Crippen molar-refractivity contribution in [1.82, 2.24) is 0 Å². The molecule has 4 saturated carbocycles. The summed E-state index contributed by atoms with van der Waals surface area (Å²) in [6.45, 7) is 0.894. The summed E-state index contributed by atoms with van der Waals surface area (Å²) >= 11 is 1.91. The molecular formula is C17H25NS. The Morgan fingerprint density at radius 1 is 1.11 bits per heavy atom. The summed E-state index contributed by atoms with van der Waals surface area (Å²) in [4.78, 5) is 1.55. The first-order chi connectivity index (χ1) is 9.33. The highest BCUT2D eigenvalue weighted by Crippen LogP contribution is 2.58. The lowest BCUT2D eigenvalue weighted by Gasteiger charge is -2.56. The van der Waals surface area contributed by atoms with Crippen LogP contribution in [0.15, 0.2) is 17.5 Å². The van der Waals surface area contributed by atoms with Crippen LogP contribution in [-0.2, 0) is 6.42 Å². The molecule has 0 spiro atoms. The van der Waals surface area contributed by atoms with E-state index >= 15 is 0 Å². The average molecular weight is 275 g/mol. The highest BCUT2D eigenvalue weighted by molar-refractivity contribution is 7.09. The normalized spacial score (nSPS) is 41.6. The topological polar surface area (TPSA) is 26.0 Å². The summed E-state index contributed by atoms with van der Waals surface area (Å²) in [6.07, 6.45) is 8.90. The zero-order valence-corrected chi connectivity index (χ0v) is 12.4. The van der Waals surface area contributed by atoms with Gasteiger partial charge in [-0.1, -0.05) is 6.07 Å². The van der Waals surface area contributed by atoms with Crippen molar-refractivity contribution in [3.8, 4) is 0 Å². The molecule has 4 bridgehead atoms. The second-order valence-corrected chi connectivity index (χ2v) is 8.32. The van der Waals surface area contributed by atoms with E-state index in [2.05, 4.69) is 17.5 Å². The van der Waals surface area contributed by atoms with Gasteiger partial charge in [-0.05, 0) is 92.0 Å². The maximum atomic E-state index is 6.17. The van der Waals surface area contributed by atoms with E-state index in [1.165, 1.54) is 32.1 Å². The van der Waals surface area contributed by atoms with E-state index in [0.717, 1.165) is 42.1 Å². The van der Waals surface area contributed by atoms with Crippen LogP contribution in [0.1, 0.15) is 37.0 Å². The maximum Gasteiger partial charge on any atom is 0.00485 e. The molecule has 0 saturated heterocycles. The zero-order valence-electron chi connectivity index (χ0n) is 11.6. The fraction of sp³-hybridized carbons (Fsp3) is 0.765. The van der Waals surface area contributed by atoms with Gasteiger partial charge in [0.2, 0.25) is 0 Å². The third kappa shape index (κ3) is 2.17. The molecule has 19 heavy (non-hydrogen) atoms. The molecule has 4 aliphatic carbocycles. The van der Waals surface area contributed by atoms with Crippen molar-refractivity contribution < 1.29 is 0 Å². The first-order valence-electron chi connectivity index (χ1n) is 8.06. The van der Waals surface area contributed by atoms with Crippen LogP contribution < -0.4 is 5.73 Å². The average Bonchev–Trinajstić information content (AvgIpc) is 2.89. The number of nitrogens with two attached hydrogens (primary N) is 1. The molecular weight excluding hydrogens is 250 g/mol. The molecule has 1 unspecified atom stereocenters. The van der Waals surface area contributed by atoms with Crippen molar-refractivity contribution in [3.05, 3.63) is 22.4 Å². The van der Waals surface area contributed by atoms with Crippen LogP contribution in [0.4, 0.5) is 0 Å². The second-order valence-electron chi connectivity index (χ2n) is 7.29. The minimum Gasteiger partial charge on any atom is -0.330 e. The predicted molar refractivity (Wildman–Crippen MR) is 81.1 cm³/mol. The van der Waals surface area contributed by atoms with Crippen LogP contribution >= 0.6 is 11.3 Å². The van der Waals surface area contributed by atoms with Gasteiger partial charge in [0.05, 0.1) is 0 Å². The molecule has 1 nitrogen and oxygen atoms in total. The quantitative estimate of drug-likeness (QED) is 0.885. The van der Waals surface area contributed by atoms with Gasteiger partial charge >= 0.3 is 0 Å². The van der Waals surface area contributed by atoms with Crippen molar-refractivity contribution in [1.29, 1.82) is 0 Å². The molecule has 5 rings (SSSR count). The Balaban J connectivity index is 1.53. The standard InChI is InChI=1S/C17H25NS/c18-10-15(9-16-2-1-3-19-16)17-13-5-11-4-12(7-13)8-14(17)6-11/h1-3,11-15,17H,4-10,18H2. The minimum atomic E-state index is 0.744. The molecule has 104 valence electrons. The summed E-state index contributed by atoms with van der Waals surface area (Å²) in [6, 6.07) is 4.48. The number of hydrogen-bond acceptors (Lipinski definition) is 2. The van der Waals surface area contributed by atoms with Crippen LogP contribution in [-0.4, -0.2) is 6.54 Å². The monoisotopic (exact) mass is 275 g/mol. The summed E-state index contributed by atoms with van der Waals surface area (Å²) in [7, 11) is 0. The molecule has 1 heterocycles. The van der Waals surface area contributed by atoms with E-state index in [9.17, 15) is 0 Å². The van der Waals surface area contributed by atoms with Crippen LogP contribution in [0.25, 0.3) is 0 Å². The van der Waals surface area contributed by atoms with Crippen molar-refractivity contribution in [2.45, 2.75) is 38.5 Å². The van der Waals surface area contributed by atoms with Gasteiger partial charge in [-0.15, -0.1) is 11.3 Å². The van der Waals surface area contributed by atoms with Crippen LogP contribution in [0.5, 0.6) is 0 Å².